The highest BCUT2D eigenvalue weighted by atomic mass is 32.2. The minimum atomic E-state index is -0.372. The molecule has 0 spiro atoms. The van der Waals surface area contributed by atoms with E-state index in [-0.39, 0.29) is 11.8 Å². The number of hydrogen-bond donors (Lipinski definition) is 1. The first kappa shape index (κ1) is 18.9. The number of hydrogen-bond acceptors (Lipinski definition) is 4. The van der Waals surface area contributed by atoms with E-state index in [1.54, 1.807) is 24.3 Å². The zero-order valence-corrected chi connectivity index (χ0v) is 16.1. The maximum absolute atomic E-state index is 12.2. The van der Waals surface area contributed by atoms with Gasteiger partial charge in [0.1, 0.15) is 0 Å². The van der Waals surface area contributed by atoms with Crippen LogP contribution < -0.4 is 10.2 Å². The van der Waals surface area contributed by atoms with Crippen LogP contribution in [-0.2, 0) is 4.79 Å². The smallest absolute Gasteiger partial charge is 0.279 e. The molecule has 0 saturated carbocycles. The Bertz CT molecular complexity index is 885. The molecule has 5 nitrogen and oxygen atoms in total. The number of nitrogens with zero attached hydrogens (tertiary/aromatic N) is 2. The van der Waals surface area contributed by atoms with E-state index in [9.17, 15) is 9.59 Å². The van der Waals surface area contributed by atoms with Crippen LogP contribution in [0.3, 0.4) is 0 Å². The number of carbonyl (C=O) groups is 2. The third kappa shape index (κ3) is 4.65. The van der Waals surface area contributed by atoms with Crippen molar-refractivity contribution >= 4 is 40.5 Å². The van der Waals surface area contributed by atoms with E-state index in [0.717, 1.165) is 24.3 Å². The first-order valence-corrected chi connectivity index (χ1v) is 9.66. The van der Waals surface area contributed by atoms with Gasteiger partial charge in [-0.1, -0.05) is 30.3 Å². The number of amidine groups is 1. The van der Waals surface area contributed by atoms with E-state index in [1.165, 1.54) is 11.8 Å². The Morgan fingerprint density at radius 2 is 1.74 bits per heavy atom. The minimum absolute atomic E-state index is 0.243. The molecule has 138 valence electrons. The summed E-state index contributed by atoms with van der Waals surface area (Å²) in [5.41, 5.74) is 2.57. The van der Waals surface area contributed by atoms with Gasteiger partial charge in [0, 0.05) is 24.3 Å². The molecule has 0 unspecified atom stereocenters. The predicted molar refractivity (Wildman–Crippen MR) is 112 cm³/mol. The van der Waals surface area contributed by atoms with E-state index in [0.29, 0.717) is 15.6 Å². The van der Waals surface area contributed by atoms with Crippen LogP contribution in [0.25, 0.3) is 6.08 Å². The van der Waals surface area contributed by atoms with Crippen molar-refractivity contribution < 1.29 is 9.59 Å². The third-order valence-corrected chi connectivity index (χ3v) is 5.10. The zero-order valence-electron chi connectivity index (χ0n) is 15.3. The number of thioether (sulfide) groups is 1. The van der Waals surface area contributed by atoms with Crippen LogP contribution >= 0.6 is 11.8 Å². The van der Waals surface area contributed by atoms with Crippen molar-refractivity contribution in [3.63, 3.8) is 0 Å². The first-order valence-electron chi connectivity index (χ1n) is 8.84. The molecule has 0 radical (unpaired) electrons. The van der Waals surface area contributed by atoms with Crippen LogP contribution in [0.4, 0.5) is 5.69 Å². The van der Waals surface area contributed by atoms with Crippen molar-refractivity contribution in [2.45, 2.75) is 13.8 Å². The summed E-state index contributed by atoms with van der Waals surface area (Å²) in [5.74, 6) is -0.615. The standard InChI is InChI=1S/C21H21N3O2S/c1-3-24(4-2)17-12-10-15(11-13-17)14-18-20(26)23-21(27-18)22-19(25)16-8-6-5-7-9-16/h5-14H,3-4H2,1-2H3,(H,22,23,25,26)/b18-14-. The monoisotopic (exact) mass is 379 g/mol. The minimum Gasteiger partial charge on any atom is -0.372 e. The van der Waals surface area contributed by atoms with Gasteiger partial charge in [-0.25, -0.2) is 0 Å². The molecule has 0 atom stereocenters. The van der Waals surface area contributed by atoms with E-state index >= 15 is 0 Å². The van der Waals surface area contributed by atoms with Gasteiger partial charge in [-0.2, -0.15) is 4.99 Å². The Morgan fingerprint density at radius 1 is 1.07 bits per heavy atom. The lowest BCUT2D eigenvalue weighted by Crippen LogP contribution is -2.21. The van der Waals surface area contributed by atoms with E-state index in [1.807, 2.05) is 36.4 Å². The van der Waals surface area contributed by atoms with E-state index < -0.39 is 0 Å². The maximum Gasteiger partial charge on any atom is 0.279 e. The summed E-state index contributed by atoms with van der Waals surface area (Å²) in [4.78, 5) is 31.1. The van der Waals surface area contributed by atoms with Gasteiger partial charge < -0.3 is 10.2 Å². The fourth-order valence-corrected chi connectivity index (χ4v) is 3.56. The van der Waals surface area contributed by atoms with Crippen molar-refractivity contribution in [3.8, 4) is 0 Å². The van der Waals surface area contributed by atoms with Gasteiger partial charge >= 0.3 is 0 Å². The number of aliphatic imine (C=N–C) groups is 1. The zero-order chi connectivity index (χ0) is 19.2. The van der Waals surface area contributed by atoms with Gasteiger partial charge in [0.15, 0.2) is 5.17 Å². The van der Waals surface area contributed by atoms with Gasteiger partial charge in [-0.15, -0.1) is 0 Å². The average Bonchev–Trinajstić information content (AvgIpc) is 3.03. The van der Waals surface area contributed by atoms with Crippen molar-refractivity contribution in [2.75, 3.05) is 18.0 Å². The number of amides is 2. The predicted octanol–water partition coefficient (Wildman–Crippen LogP) is 3.93. The Kier molecular flexibility index (Phi) is 6.08. The maximum atomic E-state index is 12.2. The molecule has 1 heterocycles. The molecule has 1 aliphatic heterocycles. The summed E-state index contributed by atoms with van der Waals surface area (Å²) in [6, 6.07) is 16.8. The molecule has 2 amide bonds. The molecular weight excluding hydrogens is 358 g/mol. The van der Waals surface area contributed by atoms with Gasteiger partial charge in [0.25, 0.3) is 11.8 Å². The SMILES string of the molecule is CCN(CC)c1ccc(/C=C2\SC(=NC(=O)c3ccccc3)NC2=O)cc1. The Morgan fingerprint density at radius 3 is 2.37 bits per heavy atom. The van der Waals surface area contributed by atoms with Crippen LogP contribution in [0.2, 0.25) is 0 Å². The van der Waals surface area contributed by atoms with Crippen LogP contribution in [-0.4, -0.2) is 30.1 Å². The molecule has 1 aliphatic rings. The molecular formula is C21H21N3O2S. The van der Waals surface area contributed by atoms with Crippen LogP contribution in [0, 0.1) is 0 Å². The molecule has 1 N–H and O–H groups in total. The normalized spacial score (nSPS) is 16.6. The van der Waals surface area contributed by atoms with Crippen molar-refractivity contribution in [1.82, 2.24) is 5.32 Å². The number of carbonyl (C=O) groups excluding carboxylic acids is 2. The topological polar surface area (TPSA) is 61.8 Å². The van der Waals surface area contributed by atoms with Gasteiger partial charge in [0.05, 0.1) is 4.91 Å². The summed E-state index contributed by atoms with van der Waals surface area (Å²) in [6.45, 7) is 6.14. The highest BCUT2D eigenvalue weighted by Gasteiger charge is 2.24. The van der Waals surface area contributed by atoms with Crippen LogP contribution in [0.1, 0.15) is 29.8 Å². The molecule has 2 aromatic rings. The molecule has 2 aromatic carbocycles. The van der Waals surface area contributed by atoms with E-state index in [4.69, 9.17) is 0 Å². The molecule has 6 heteroatoms. The number of rotatable bonds is 5. The lowest BCUT2D eigenvalue weighted by atomic mass is 10.1. The van der Waals surface area contributed by atoms with Gasteiger partial charge in [0.2, 0.25) is 0 Å². The fraction of sp³-hybridized carbons (Fsp3) is 0.190. The highest BCUT2D eigenvalue weighted by molar-refractivity contribution is 8.18. The number of anilines is 1. The molecule has 1 saturated heterocycles. The quantitative estimate of drug-likeness (QED) is 0.800. The fourth-order valence-electron chi connectivity index (χ4n) is 2.74. The molecule has 27 heavy (non-hydrogen) atoms. The summed E-state index contributed by atoms with van der Waals surface area (Å²) in [7, 11) is 0. The number of nitrogens with one attached hydrogen (secondary N) is 1. The summed E-state index contributed by atoms with van der Waals surface area (Å²) >= 11 is 1.18. The Hall–Kier alpha value is -2.86. The van der Waals surface area contributed by atoms with Crippen molar-refractivity contribution in [2.24, 2.45) is 4.99 Å². The second-order valence-corrected chi connectivity index (χ2v) is 6.95. The summed E-state index contributed by atoms with van der Waals surface area (Å²) in [5, 5.41) is 2.95. The lowest BCUT2D eigenvalue weighted by Gasteiger charge is -2.20. The van der Waals surface area contributed by atoms with Crippen molar-refractivity contribution in [1.29, 1.82) is 0 Å². The molecule has 1 fully saturated rings. The largest absolute Gasteiger partial charge is 0.372 e. The summed E-state index contributed by atoms with van der Waals surface area (Å²) < 4.78 is 0. The summed E-state index contributed by atoms with van der Waals surface area (Å²) in [6.07, 6.45) is 1.81. The lowest BCUT2D eigenvalue weighted by molar-refractivity contribution is -0.115. The second-order valence-electron chi connectivity index (χ2n) is 5.92. The highest BCUT2D eigenvalue weighted by Crippen LogP contribution is 2.27. The van der Waals surface area contributed by atoms with Crippen LogP contribution in [0.5, 0.6) is 0 Å². The van der Waals surface area contributed by atoms with Crippen LogP contribution in [0.15, 0.2) is 64.5 Å². The molecule has 0 bridgehead atoms. The average molecular weight is 379 g/mol. The Labute approximate surface area is 163 Å². The molecule has 0 aromatic heterocycles. The van der Waals surface area contributed by atoms with Crippen molar-refractivity contribution in [3.05, 3.63) is 70.6 Å². The molecule has 3 rings (SSSR count). The Balaban J connectivity index is 1.73. The third-order valence-electron chi connectivity index (χ3n) is 4.19. The van der Waals surface area contributed by atoms with Gasteiger partial charge in [-0.05, 0) is 61.5 Å². The number of benzene rings is 2. The molecule has 0 aliphatic carbocycles. The van der Waals surface area contributed by atoms with Gasteiger partial charge in [-0.3, -0.25) is 9.59 Å². The first-order chi connectivity index (χ1) is 13.1. The van der Waals surface area contributed by atoms with E-state index in [2.05, 4.69) is 29.1 Å². The second kappa shape index (κ2) is 8.68.